The van der Waals surface area contributed by atoms with Gasteiger partial charge in [-0.25, -0.2) is 0 Å². The summed E-state index contributed by atoms with van der Waals surface area (Å²) in [5, 5.41) is 10.3. The first-order chi connectivity index (χ1) is 12.1. The average molecular weight is 348 g/mol. The summed E-state index contributed by atoms with van der Waals surface area (Å²) in [6.07, 6.45) is 4.27. The van der Waals surface area contributed by atoms with Crippen LogP contribution in [0.5, 0.6) is 5.75 Å². The van der Waals surface area contributed by atoms with Gasteiger partial charge in [0.1, 0.15) is 5.75 Å². The van der Waals surface area contributed by atoms with Gasteiger partial charge in [0.25, 0.3) is 0 Å². The fraction of sp³-hybridized carbons (Fsp3) is 0.632. The van der Waals surface area contributed by atoms with E-state index in [1.807, 2.05) is 0 Å². The molecule has 1 aromatic carbocycles. The molecule has 0 saturated carbocycles. The van der Waals surface area contributed by atoms with Crippen LogP contribution in [0.1, 0.15) is 42.5 Å². The molecule has 6 nitrogen and oxygen atoms in total. The Labute approximate surface area is 148 Å². The molecule has 3 N–H and O–H groups in total. The largest absolute Gasteiger partial charge is 0.494 e. The van der Waals surface area contributed by atoms with Gasteiger partial charge < -0.3 is 25.2 Å². The van der Waals surface area contributed by atoms with Crippen molar-refractivity contribution >= 4 is 5.91 Å². The van der Waals surface area contributed by atoms with Gasteiger partial charge in [-0.2, -0.15) is 0 Å². The number of amides is 1. The first-order valence-electron chi connectivity index (χ1n) is 9.16. The Kier molecular flexibility index (Phi) is 5.93. The minimum Gasteiger partial charge on any atom is -0.494 e. The summed E-state index contributed by atoms with van der Waals surface area (Å²) < 4.78 is 11.7. The lowest BCUT2D eigenvalue weighted by molar-refractivity contribution is -0.176. The van der Waals surface area contributed by atoms with Crippen molar-refractivity contribution in [1.82, 2.24) is 4.90 Å². The number of hydrogen-bond donors (Lipinski definition) is 2. The summed E-state index contributed by atoms with van der Waals surface area (Å²) >= 11 is 0. The quantitative estimate of drug-likeness (QED) is 0.762. The van der Waals surface area contributed by atoms with E-state index in [-0.39, 0.29) is 11.7 Å². The SMILES string of the molecule is NC(=O)c1ccc(OCCCN2CCC3(CC2)OCCC[C@H]3O)cc1. The molecule has 2 fully saturated rings. The highest BCUT2D eigenvalue weighted by atomic mass is 16.5. The van der Waals surface area contributed by atoms with Gasteiger partial charge in [0, 0.05) is 31.8 Å². The zero-order chi connectivity index (χ0) is 17.7. The third-order valence-corrected chi connectivity index (χ3v) is 5.35. The molecule has 1 atom stereocenters. The lowest BCUT2D eigenvalue weighted by Crippen LogP contribution is -2.55. The molecule has 1 amide bonds. The fourth-order valence-corrected chi connectivity index (χ4v) is 3.74. The van der Waals surface area contributed by atoms with Gasteiger partial charge in [-0.1, -0.05) is 0 Å². The highest BCUT2D eigenvalue weighted by Gasteiger charge is 2.43. The number of aliphatic hydroxyl groups excluding tert-OH is 1. The molecule has 6 heteroatoms. The number of nitrogens with zero attached hydrogens (tertiary/aromatic N) is 1. The van der Waals surface area contributed by atoms with Crippen molar-refractivity contribution < 1.29 is 19.4 Å². The van der Waals surface area contributed by atoms with Crippen LogP contribution in [0.25, 0.3) is 0 Å². The Hall–Kier alpha value is -1.63. The third-order valence-electron chi connectivity index (χ3n) is 5.35. The van der Waals surface area contributed by atoms with E-state index in [9.17, 15) is 9.90 Å². The van der Waals surface area contributed by atoms with Crippen LogP contribution in [-0.2, 0) is 4.74 Å². The lowest BCUT2D eigenvalue weighted by atomic mass is 9.82. The van der Waals surface area contributed by atoms with Gasteiger partial charge >= 0.3 is 0 Å². The summed E-state index contributed by atoms with van der Waals surface area (Å²) in [4.78, 5) is 13.4. The maximum absolute atomic E-state index is 11.0. The number of carbonyl (C=O) groups excluding carboxylic acids is 1. The number of primary amides is 1. The maximum Gasteiger partial charge on any atom is 0.248 e. The van der Waals surface area contributed by atoms with Crippen molar-refractivity contribution in [3.63, 3.8) is 0 Å². The predicted octanol–water partition coefficient (Wildman–Crippen LogP) is 1.56. The van der Waals surface area contributed by atoms with E-state index >= 15 is 0 Å². The topological polar surface area (TPSA) is 85.0 Å². The minimum absolute atomic E-state index is 0.298. The number of rotatable bonds is 6. The Balaban J connectivity index is 1.35. The molecule has 2 saturated heterocycles. The second-order valence-electron chi connectivity index (χ2n) is 7.00. The van der Waals surface area contributed by atoms with E-state index in [2.05, 4.69) is 4.90 Å². The van der Waals surface area contributed by atoms with Gasteiger partial charge in [-0.05, 0) is 56.4 Å². The summed E-state index contributed by atoms with van der Waals surface area (Å²) in [7, 11) is 0. The summed E-state index contributed by atoms with van der Waals surface area (Å²) in [5.74, 6) is 0.322. The second kappa shape index (κ2) is 8.17. The van der Waals surface area contributed by atoms with Crippen LogP contribution >= 0.6 is 0 Å². The van der Waals surface area contributed by atoms with Crippen LogP contribution in [-0.4, -0.2) is 60.5 Å². The molecule has 0 radical (unpaired) electrons. The Morgan fingerprint density at radius 3 is 2.68 bits per heavy atom. The van der Waals surface area contributed by atoms with Gasteiger partial charge in [0.15, 0.2) is 0 Å². The minimum atomic E-state index is -0.429. The summed E-state index contributed by atoms with van der Waals surface area (Å²) in [6, 6.07) is 6.90. The molecule has 0 aliphatic carbocycles. The van der Waals surface area contributed by atoms with Crippen molar-refractivity contribution in [3.05, 3.63) is 29.8 Å². The van der Waals surface area contributed by atoms with Crippen molar-refractivity contribution in [2.75, 3.05) is 32.8 Å². The van der Waals surface area contributed by atoms with E-state index in [0.717, 1.165) is 64.1 Å². The standard InChI is InChI=1S/C19H28N2O4/c20-18(23)15-4-6-16(7-5-15)24-13-2-10-21-11-8-19(9-12-21)17(22)3-1-14-25-19/h4-7,17,22H,1-3,8-14H2,(H2,20,23)/t17-/m1/s1. The number of nitrogens with two attached hydrogens (primary N) is 1. The molecule has 2 heterocycles. The molecule has 0 aromatic heterocycles. The molecule has 1 aromatic rings. The highest BCUT2D eigenvalue weighted by Crippen LogP contribution is 2.35. The van der Waals surface area contributed by atoms with Crippen molar-refractivity contribution in [2.45, 2.75) is 43.8 Å². The second-order valence-corrected chi connectivity index (χ2v) is 7.00. The first-order valence-corrected chi connectivity index (χ1v) is 9.16. The number of benzene rings is 1. The molecule has 2 aliphatic heterocycles. The number of carbonyl (C=O) groups is 1. The number of likely N-dealkylation sites (tertiary alicyclic amines) is 1. The highest BCUT2D eigenvalue weighted by molar-refractivity contribution is 5.92. The molecule has 3 rings (SSSR count). The predicted molar refractivity (Wildman–Crippen MR) is 94.7 cm³/mol. The molecule has 0 bridgehead atoms. The Morgan fingerprint density at radius 2 is 2.04 bits per heavy atom. The van der Waals surface area contributed by atoms with Gasteiger partial charge in [0.2, 0.25) is 5.91 Å². The summed E-state index contributed by atoms with van der Waals surface area (Å²) in [5.41, 5.74) is 5.41. The molecular formula is C19H28N2O4. The Bertz CT molecular complexity index is 567. The molecule has 1 spiro atoms. The maximum atomic E-state index is 11.0. The normalized spacial score (nSPS) is 23.5. The number of piperidine rings is 1. The number of hydrogen-bond acceptors (Lipinski definition) is 5. The number of ether oxygens (including phenoxy) is 2. The van der Waals surface area contributed by atoms with Crippen LogP contribution in [0.3, 0.4) is 0 Å². The summed E-state index contributed by atoms with van der Waals surface area (Å²) in [6.45, 7) is 4.32. The molecular weight excluding hydrogens is 320 g/mol. The van der Waals surface area contributed by atoms with Crippen LogP contribution in [0.4, 0.5) is 0 Å². The van der Waals surface area contributed by atoms with Crippen molar-refractivity contribution in [2.24, 2.45) is 5.73 Å². The van der Waals surface area contributed by atoms with E-state index in [1.54, 1.807) is 24.3 Å². The van der Waals surface area contributed by atoms with E-state index in [0.29, 0.717) is 12.2 Å². The first kappa shape index (κ1) is 18.2. The monoisotopic (exact) mass is 348 g/mol. The van der Waals surface area contributed by atoms with Crippen LogP contribution in [0, 0.1) is 0 Å². The van der Waals surface area contributed by atoms with Crippen LogP contribution in [0.15, 0.2) is 24.3 Å². The molecule has 0 unspecified atom stereocenters. The van der Waals surface area contributed by atoms with Crippen molar-refractivity contribution in [3.8, 4) is 5.75 Å². The fourth-order valence-electron chi connectivity index (χ4n) is 3.74. The third kappa shape index (κ3) is 4.51. The Morgan fingerprint density at radius 1 is 1.32 bits per heavy atom. The van der Waals surface area contributed by atoms with Crippen LogP contribution < -0.4 is 10.5 Å². The number of aliphatic hydroxyl groups is 1. The average Bonchev–Trinajstić information content (AvgIpc) is 2.63. The van der Waals surface area contributed by atoms with E-state index in [4.69, 9.17) is 15.2 Å². The van der Waals surface area contributed by atoms with E-state index in [1.165, 1.54) is 0 Å². The van der Waals surface area contributed by atoms with Gasteiger partial charge in [-0.15, -0.1) is 0 Å². The molecule has 138 valence electrons. The lowest BCUT2D eigenvalue weighted by Gasteiger charge is -2.46. The zero-order valence-corrected chi connectivity index (χ0v) is 14.7. The molecule has 2 aliphatic rings. The van der Waals surface area contributed by atoms with Crippen molar-refractivity contribution in [1.29, 1.82) is 0 Å². The van der Waals surface area contributed by atoms with Gasteiger partial charge in [0.05, 0.1) is 18.3 Å². The zero-order valence-electron chi connectivity index (χ0n) is 14.7. The smallest absolute Gasteiger partial charge is 0.248 e. The van der Waals surface area contributed by atoms with E-state index < -0.39 is 5.91 Å². The van der Waals surface area contributed by atoms with Crippen LogP contribution in [0.2, 0.25) is 0 Å². The van der Waals surface area contributed by atoms with Gasteiger partial charge in [-0.3, -0.25) is 4.79 Å². The molecule has 25 heavy (non-hydrogen) atoms.